The van der Waals surface area contributed by atoms with E-state index in [4.69, 9.17) is 12.6 Å². The van der Waals surface area contributed by atoms with Crippen LogP contribution in [0.25, 0.3) is 0 Å². The third kappa shape index (κ3) is 2.58. The van der Waals surface area contributed by atoms with E-state index < -0.39 is 0 Å². The van der Waals surface area contributed by atoms with E-state index in [2.05, 4.69) is 10.3 Å². The van der Waals surface area contributed by atoms with E-state index in [9.17, 15) is 4.79 Å². The van der Waals surface area contributed by atoms with Crippen LogP contribution in [0.15, 0.2) is 18.7 Å². The summed E-state index contributed by atoms with van der Waals surface area (Å²) in [6.07, 6.45) is 5.45. The van der Waals surface area contributed by atoms with Crippen LogP contribution in [0, 0.1) is 0 Å². The summed E-state index contributed by atoms with van der Waals surface area (Å²) in [6, 6.07) is -0.157. The van der Waals surface area contributed by atoms with Crippen molar-refractivity contribution in [1.82, 2.24) is 14.9 Å². The second-order valence-corrected chi connectivity index (χ2v) is 2.67. The third-order valence-electron chi connectivity index (χ3n) is 1.34. The standard InChI is InChI=1S/C7H11N3OS/c11-7(9-2-1-5-12)10-4-3-8-6-10/h3-4,6,12H,1-2,5H2,(H,9,11)/p-1. The number of rotatable bonds is 3. The van der Waals surface area contributed by atoms with Crippen LogP contribution in [-0.4, -0.2) is 27.9 Å². The molecule has 0 fully saturated rings. The third-order valence-corrected chi connectivity index (χ3v) is 1.62. The van der Waals surface area contributed by atoms with E-state index >= 15 is 0 Å². The molecule has 1 N–H and O–H groups in total. The van der Waals surface area contributed by atoms with Crippen LogP contribution < -0.4 is 5.32 Å². The monoisotopic (exact) mass is 184 g/mol. The molecule has 1 aromatic rings. The minimum absolute atomic E-state index is 0.157. The molecule has 0 aliphatic heterocycles. The minimum Gasteiger partial charge on any atom is -0.793 e. The fourth-order valence-corrected chi connectivity index (χ4v) is 0.882. The van der Waals surface area contributed by atoms with Gasteiger partial charge in [0.1, 0.15) is 6.33 Å². The molecule has 1 aromatic heterocycles. The number of nitrogens with one attached hydrogen (secondary N) is 1. The summed E-state index contributed by atoms with van der Waals surface area (Å²) < 4.78 is 1.39. The molecule has 0 saturated carbocycles. The first-order valence-electron chi connectivity index (χ1n) is 3.69. The molecule has 0 unspecified atom stereocenters. The molecule has 0 saturated heterocycles. The van der Waals surface area contributed by atoms with Crippen molar-refractivity contribution in [3.8, 4) is 0 Å². The molecule has 0 atom stereocenters. The summed E-state index contributed by atoms with van der Waals surface area (Å²) in [5.74, 6) is 0.671. The van der Waals surface area contributed by atoms with Crippen molar-refractivity contribution in [2.45, 2.75) is 6.42 Å². The quantitative estimate of drug-likeness (QED) is 0.545. The number of carbonyl (C=O) groups excluding carboxylic acids is 1. The first-order valence-corrected chi connectivity index (χ1v) is 4.26. The SMILES string of the molecule is O=C(NCCC[S-])n1ccnc1. The Hall–Kier alpha value is -0.970. The topological polar surface area (TPSA) is 46.9 Å². The van der Waals surface area contributed by atoms with E-state index in [1.807, 2.05) is 0 Å². The smallest absolute Gasteiger partial charge is 0.326 e. The summed E-state index contributed by atoms with van der Waals surface area (Å²) in [4.78, 5) is 14.9. The van der Waals surface area contributed by atoms with Gasteiger partial charge in [0.2, 0.25) is 0 Å². The fourth-order valence-electron chi connectivity index (χ4n) is 0.738. The van der Waals surface area contributed by atoms with Gasteiger partial charge in [-0.2, -0.15) is 5.75 Å². The van der Waals surface area contributed by atoms with Gasteiger partial charge in [-0.05, 0) is 0 Å². The number of nitrogens with zero attached hydrogens (tertiary/aromatic N) is 2. The molecule has 66 valence electrons. The highest BCUT2D eigenvalue weighted by Gasteiger charge is 1.99. The lowest BCUT2D eigenvalue weighted by atomic mass is 10.5. The van der Waals surface area contributed by atoms with Gasteiger partial charge >= 0.3 is 6.03 Å². The Balaban J connectivity index is 2.30. The lowest BCUT2D eigenvalue weighted by molar-refractivity contribution is 0.242. The Morgan fingerprint density at radius 1 is 1.67 bits per heavy atom. The van der Waals surface area contributed by atoms with Crippen molar-refractivity contribution in [1.29, 1.82) is 0 Å². The lowest BCUT2D eigenvalue weighted by Crippen LogP contribution is -2.28. The molecule has 0 spiro atoms. The van der Waals surface area contributed by atoms with Gasteiger partial charge in [-0.1, -0.05) is 6.42 Å². The predicted octanol–water partition coefficient (Wildman–Crippen LogP) is 0.378. The molecule has 4 nitrogen and oxygen atoms in total. The highest BCUT2D eigenvalue weighted by Crippen LogP contribution is 1.84. The van der Waals surface area contributed by atoms with Gasteiger partial charge in [0.25, 0.3) is 0 Å². The molecule has 1 rings (SSSR count). The van der Waals surface area contributed by atoms with Crippen molar-refractivity contribution in [3.05, 3.63) is 18.7 Å². The Morgan fingerprint density at radius 2 is 2.50 bits per heavy atom. The highest BCUT2D eigenvalue weighted by molar-refractivity contribution is 7.58. The van der Waals surface area contributed by atoms with E-state index in [0.29, 0.717) is 12.3 Å². The zero-order valence-corrected chi connectivity index (χ0v) is 7.38. The normalized spacial score (nSPS) is 9.75. The van der Waals surface area contributed by atoms with Crippen LogP contribution in [0.5, 0.6) is 0 Å². The lowest BCUT2D eigenvalue weighted by Gasteiger charge is -2.05. The number of imidazole rings is 1. The molecular formula is C7H10N3OS-. The van der Waals surface area contributed by atoms with Crippen molar-refractivity contribution in [2.24, 2.45) is 0 Å². The zero-order valence-electron chi connectivity index (χ0n) is 6.56. The average Bonchev–Trinajstić information content (AvgIpc) is 2.56. The van der Waals surface area contributed by atoms with Crippen LogP contribution in [0.1, 0.15) is 6.42 Å². The van der Waals surface area contributed by atoms with Crippen molar-refractivity contribution in [3.63, 3.8) is 0 Å². The predicted molar refractivity (Wildman–Crippen MR) is 47.9 cm³/mol. The molecule has 0 aliphatic rings. The Morgan fingerprint density at radius 3 is 3.08 bits per heavy atom. The van der Waals surface area contributed by atoms with Gasteiger partial charge in [-0.25, -0.2) is 9.78 Å². The molecule has 5 heteroatoms. The van der Waals surface area contributed by atoms with Gasteiger partial charge in [-0.15, -0.1) is 0 Å². The summed E-state index contributed by atoms with van der Waals surface area (Å²) in [7, 11) is 0. The second-order valence-electron chi connectivity index (χ2n) is 2.26. The van der Waals surface area contributed by atoms with E-state index in [1.165, 1.54) is 10.9 Å². The van der Waals surface area contributed by atoms with Crippen LogP contribution in [-0.2, 0) is 12.6 Å². The van der Waals surface area contributed by atoms with Crippen LogP contribution >= 0.6 is 0 Å². The molecule has 12 heavy (non-hydrogen) atoms. The number of carbonyl (C=O) groups is 1. The maximum absolute atomic E-state index is 11.2. The number of amides is 1. The zero-order chi connectivity index (χ0) is 8.81. The average molecular weight is 184 g/mol. The Labute approximate surface area is 76.4 Å². The molecule has 1 heterocycles. The maximum atomic E-state index is 11.2. The van der Waals surface area contributed by atoms with Crippen molar-refractivity contribution >= 4 is 18.7 Å². The van der Waals surface area contributed by atoms with Crippen molar-refractivity contribution < 1.29 is 4.79 Å². The van der Waals surface area contributed by atoms with Gasteiger partial charge in [0.15, 0.2) is 0 Å². The van der Waals surface area contributed by atoms with Gasteiger partial charge < -0.3 is 17.9 Å². The van der Waals surface area contributed by atoms with Crippen molar-refractivity contribution in [2.75, 3.05) is 12.3 Å². The first-order chi connectivity index (χ1) is 5.84. The van der Waals surface area contributed by atoms with Crippen LogP contribution in [0.2, 0.25) is 0 Å². The molecule has 0 radical (unpaired) electrons. The Bertz CT molecular complexity index is 235. The fraction of sp³-hybridized carbons (Fsp3) is 0.429. The van der Waals surface area contributed by atoms with Gasteiger partial charge in [-0.3, -0.25) is 4.57 Å². The Kier molecular flexibility index (Phi) is 3.66. The van der Waals surface area contributed by atoms with Gasteiger partial charge in [0, 0.05) is 18.9 Å². The van der Waals surface area contributed by atoms with Gasteiger partial charge in [0.05, 0.1) is 0 Å². The minimum atomic E-state index is -0.157. The summed E-state index contributed by atoms with van der Waals surface area (Å²) in [6.45, 7) is 0.626. The molecule has 0 bridgehead atoms. The number of hydrogen-bond donors (Lipinski definition) is 1. The summed E-state index contributed by atoms with van der Waals surface area (Å²) in [5, 5.41) is 2.70. The maximum Gasteiger partial charge on any atom is 0.326 e. The van der Waals surface area contributed by atoms with Crippen LogP contribution in [0.3, 0.4) is 0 Å². The van der Waals surface area contributed by atoms with E-state index in [-0.39, 0.29) is 6.03 Å². The summed E-state index contributed by atoms with van der Waals surface area (Å²) >= 11 is 4.73. The number of aromatic nitrogens is 2. The molecule has 0 aromatic carbocycles. The largest absolute Gasteiger partial charge is 0.793 e. The summed E-state index contributed by atoms with van der Waals surface area (Å²) in [5.41, 5.74) is 0. The molecule has 0 aliphatic carbocycles. The first kappa shape index (κ1) is 9.12. The van der Waals surface area contributed by atoms with E-state index in [1.54, 1.807) is 12.4 Å². The second kappa shape index (κ2) is 4.82. The van der Waals surface area contributed by atoms with Crippen LogP contribution in [0.4, 0.5) is 4.79 Å². The molecule has 1 amide bonds. The highest BCUT2D eigenvalue weighted by atomic mass is 32.1. The molecular weight excluding hydrogens is 174 g/mol. The number of hydrogen-bond acceptors (Lipinski definition) is 3. The van der Waals surface area contributed by atoms with E-state index in [0.717, 1.165) is 6.42 Å².